The van der Waals surface area contributed by atoms with Crippen LogP contribution < -0.4 is 16.0 Å². The van der Waals surface area contributed by atoms with E-state index in [1.165, 1.54) is 6.42 Å². The van der Waals surface area contributed by atoms with E-state index in [2.05, 4.69) is 16.0 Å². The molecule has 3 atom stereocenters. The summed E-state index contributed by atoms with van der Waals surface area (Å²) in [5.41, 5.74) is -0.293. The van der Waals surface area contributed by atoms with E-state index >= 15 is 0 Å². The van der Waals surface area contributed by atoms with Gasteiger partial charge >= 0.3 is 0 Å². The van der Waals surface area contributed by atoms with Crippen LogP contribution in [-0.2, 0) is 14.4 Å². The second-order valence-corrected chi connectivity index (χ2v) is 9.61. The topological polar surface area (TPSA) is 87.3 Å². The summed E-state index contributed by atoms with van der Waals surface area (Å²) in [4.78, 5) is 37.2. The summed E-state index contributed by atoms with van der Waals surface area (Å²) in [6.07, 6.45) is 3.70. The number of nitrogens with one attached hydrogen (secondary N) is 3. The van der Waals surface area contributed by atoms with Gasteiger partial charge in [0.1, 0.15) is 5.78 Å². The molecule has 0 aliphatic heterocycles. The Morgan fingerprint density at radius 1 is 1.04 bits per heavy atom. The molecule has 1 rings (SSSR count). The lowest BCUT2D eigenvalue weighted by Crippen LogP contribution is -2.52. The first-order valence-corrected chi connectivity index (χ1v) is 10.7. The Labute approximate surface area is 171 Å². The summed E-state index contributed by atoms with van der Waals surface area (Å²) < 4.78 is 0. The van der Waals surface area contributed by atoms with Crippen LogP contribution in [0.3, 0.4) is 0 Å². The molecule has 6 nitrogen and oxygen atoms in total. The molecule has 1 saturated carbocycles. The van der Waals surface area contributed by atoms with Gasteiger partial charge in [0.15, 0.2) is 11.6 Å². The van der Waals surface area contributed by atoms with E-state index in [-0.39, 0.29) is 47.3 Å². The van der Waals surface area contributed by atoms with Crippen LogP contribution in [0.2, 0.25) is 0 Å². The van der Waals surface area contributed by atoms with Gasteiger partial charge in [-0.05, 0) is 44.1 Å². The Bertz CT molecular complexity index is 536. The van der Waals surface area contributed by atoms with Crippen LogP contribution >= 0.6 is 0 Å². The average molecular weight is 396 g/mol. The van der Waals surface area contributed by atoms with Crippen LogP contribution in [-0.4, -0.2) is 55.6 Å². The van der Waals surface area contributed by atoms with Gasteiger partial charge in [-0.2, -0.15) is 0 Å². The predicted octanol–water partition coefficient (Wildman–Crippen LogP) is 2.11. The normalized spacial score (nSPS) is 18.4. The van der Waals surface area contributed by atoms with Crippen molar-refractivity contribution in [3.05, 3.63) is 0 Å². The zero-order valence-electron chi connectivity index (χ0n) is 18.9. The fraction of sp³-hybridized carbons (Fsp3) is 0.864. The summed E-state index contributed by atoms with van der Waals surface area (Å²) >= 11 is 0. The van der Waals surface area contributed by atoms with Gasteiger partial charge in [-0.25, -0.2) is 0 Å². The van der Waals surface area contributed by atoms with Crippen molar-refractivity contribution in [1.29, 1.82) is 0 Å². The Morgan fingerprint density at radius 3 is 2.04 bits per heavy atom. The molecule has 0 aromatic rings. The highest BCUT2D eigenvalue weighted by molar-refractivity contribution is 5.89. The molecule has 1 fully saturated rings. The van der Waals surface area contributed by atoms with Gasteiger partial charge in [-0.1, -0.05) is 41.0 Å². The van der Waals surface area contributed by atoms with E-state index in [1.807, 2.05) is 34.6 Å². The minimum atomic E-state index is -0.401. The smallest absolute Gasteiger partial charge is 0.163 e. The van der Waals surface area contributed by atoms with Crippen LogP contribution in [0, 0.1) is 17.3 Å². The molecule has 0 amide bonds. The van der Waals surface area contributed by atoms with Crippen LogP contribution in [0.4, 0.5) is 0 Å². The predicted molar refractivity (Wildman–Crippen MR) is 113 cm³/mol. The Balaban J connectivity index is 2.60. The highest BCUT2D eigenvalue weighted by Crippen LogP contribution is 2.30. The molecule has 0 aromatic heterocycles. The van der Waals surface area contributed by atoms with E-state index in [9.17, 15) is 14.4 Å². The molecule has 0 spiro atoms. The molecule has 1 aliphatic rings. The van der Waals surface area contributed by atoms with E-state index in [0.29, 0.717) is 18.9 Å². The van der Waals surface area contributed by atoms with Crippen LogP contribution in [0.1, 0.15) is 67.2 Å². The monoisotopic (exact) mass is 395 g/mol. The van der Waals surface area contributed by atoms with Gasteiger partial charge in [0.05, 0.1) is 24.7 Å². The Hall–Kier alpha value is -1.11. The first-order valence-electron chi connectivity index (χ1n) is 10.7. The quantitative estimate of drug-likeness (QED) is 0.443. The maximum atomic E-state index is 12.9. The van der Waals surface area contributed by atoms with Gasteiger partial charge in [0.25, 0.3) is 0 Å². The average Bonchev–Trinajstić information content (AvgIpc) is 2.51. The van der Waals surface area contributed by atoms with Crippen molar-refractivity contribution in [1.82, 2.24) is 16.0 Å². The fourth-order valence-corrected chi connectivity index (χ4v) is 3.99. The molecule has 0 radical (unpaired) electrons. The lowest BCUT2D eigenvalue weighted by Gasteiger charge is -2.33. The summed E-state index contributed by atoms with van der Waals surface area (Å²) in [5, 5.41) is 9.55. The SMILES string of the molecule is CN[C@H](C(=O)CN[C@H](C(=O)CCN[C@H](C(C)=O)C1CCC1)C(C)(C)C)C(C)C. The third-order valence-corrected chi connectivity index (χ3v) is 5.79. The molecule has 1 aliphatic carbocycles. The highest BCUT2D eigenvalue weighted by Gasteiger charge is 2.33. The minimum absolute atomic E-state index is 0.0688. The third kappa shape index (κ3) is 7.37. The number of carbonyl (C=O) groups excluding carboxylic acids is 3. The van der Waals surface area contributed by atoms with Crippen molar-refractivity contribution < 1.29 is 14.4 Å². The van der Waals surface area contributed by atoms with Crippen LogP contribution in [0.25, 0.3) is 0 Å². The molecule has 3 N–H and O–H groups in total. The van der Waals surface area contributed by atoms with E-state index in [1.54, 1.807) is 14.0 Å². The number of carbonyl (C=O) groups is 3. The third-order valence-electron chi connectivity index (χ3n) is 5.79. The van der Waals surface area contributed by atoms with E-state index in [0.717, 1.165) is 12.8 Å². The summed E-state index contributed by atoms with van der Waals surface area (Å²) in [6.45, 7) is 12.3. The maximum absolute atomic E-state index is 12.9. The van der Waals surface area contributed by atoms with Gasteiger partial charge in [0.2, 0.25) is 0 Å². The van der Waals surface area contributed by atoms with Gasteiger partial charge in [0, 0.05) is 13.0 Å². The van der Waals surface area contributed by atoms with E-state index < -0.39 is 6.04 Å². The number of Topliss-reactive ketones (excluding diaryl/α,β-unsaturated/α-hetero) is 3. The molecule has 0 aromatic carbocycles. The molecule has 0 unspecified atom stereocenters. The molecule has 0 heterocycles. The van der Waals surface area contributed by atoms with Gasteiger partial charge in [-0.3, -0.25) is 14.4 Å². The molecule has 0 saturated heterocycles. The van der Waals surface area contributed by atoms with Gasteiger partial charge in [-0.15, -0.1) is 0 Å². The van der Waals surface area contributed by atoms with Crippen LogP contribution in [0.5, 0.6) is 0 Å². The number of rotatable bonds is 13. The zero-order valence-corrected chi connectivity index (χ0v) is 18.9. The summed E-state index contributed by atoms with van der Waals surface area (Å²) in [7, 11) is 1.79. The number of ketones is 3. The molecular formula is C22H41N3O3. The van der Waals surface area contributed by atoms with Gasteiger partial charge < -0.3 is 16.0 Å². The van der Waals surface area contributed by atoms with Crippen molar-refractivity contribution in [2.75, 3.05) is 20.1 Å². The molecule has 162 valence electrons. The number of hydrogen-bond acceptors (Lipinski definition) is 6. The Morgan fingerprint density at radius 2 is 1.64 bits per heavy atom. The largest absolute Gasteiger partial charge is 0.310 e. The minimum Gasteiger partial charge on any atom is -0.310 e. The van der Waals surface area contributed by atoms with Crippen LogP contribution in [0.15, 0.2) is 0 Å². The van der Waals surface area contributed by atoms with Crippen molar-refractivity contribution in [3.63, 3.8) is 0 Å². The van der Waals surface area contributed by atoms with E-state index in [4.69, 9.17) is 0 Å². The second kappa shape index (κ2) is 11.2. The first-order chi connectivity index (χ1) is 13.0. The molecular weight excluding hydrogens is 354 g/mol. The lowest BCUT2D eigenvalue weighted by molar-refractivity contribution is -0.125. The lowest BCUT2D eigenvalue weighted by atomic mass is 9.78. The second-order valence-electron chi connectivity index (χ2n) is 9.61. The fourth-order valence-electron chi connectivity index (χ4n) is 3.99. The number of likely N-dealkylation sites (N-methyl/N-ethyl adjacent to an activating group) is 1. The maximum Gasteiger partial charge on any atom is 0.163 e. The Kier molecular flexibility index (Phi) is 9.95. The summed E-state index contributed by atoms with van der Waals surface area (Å²) in [6, 6.07) is -0.752. The van der Waals surface area contributed by atoms with Crippen molar-refractivity contribution in [2.45, 2.75) is 85.4 Å². The zero-order chi connectivity index (χ0) is 21.5. The standard InChI is InChI=1S/C22H41N3O3/c1-14(2)19(23-7)18(28)13-25-21(22(4,5)6)17(27)11-12-24-20(15(3)26)16-9-8-10-16/h14,16,19-21,23-25H,8-13H2,1-7H3/t19-,20+,21+/m0/s1. The number of hydrogen-bond donors (Lipinski definition) is 3. The van der Waals surface area contributed by atoms with Crippen molar-refractivity contribution in [3.8, 4) is 0 Å². The first kappa shape index (κ1) is 24.9. The van der Waals surface area contributed by atoms with Crippen molar-refractivity contribution >= 4 is 17.3 Å². The molecule has 0 bridgehead atoms. The summed E-state index contributed by atoms with van der Waals surface area (Å²) in [5.74, 6) is 0.909. The van der Waals surface area contributed by atoms with Crippen molar-refractivity contribution in [2.24, 2.45) is 17.3 Å². The highest BCUT2D eigenvalue weighted by atomic mass is 16.1. The molecule has 6 heteroatoms. The molecule has 28 heavy (non-hydrogen) atoms.